The molecule has 2 aromatic rings. The molecule has 0 bridgehead atoms. The van der Waals surface area contributed by atoms with Crippen LogP contribution in [0.1, 0.15) is 11.9 Å². The number of aryl methyl sites for hydroxylation is 1. The Bertz CT molecular complexity index is 801. The van der Waals surface area contributed by atoms with E-state index in [1.54, 1.807) is 11.3 Å². The summed E-state index contributed by atoms with van der Waals surface area (Å²) in [5.41, 5.74) is 2.79. The zero-order valence-electron chi connectivity index (χ0n) is 15.1. The summed E-state index contributed by atoms with van der Waals surface area (Å²) in [6, 6.07) is 5.98. The van der Waals surface area contributed by atoms with E-state index in [4.69, 9.17) is 9.47 Å². The Morgan fingerprint density at radius 1 is 1.27 bits per heavy atom. The summed E-state index contributed by atoms with van der Waals surface area (Å²) in [5, 5.41) is 3.08. The first-order chi connectivity index (χ1) is 12.6. The van der Waals surface area contributed by atoms with Crippen LogP contribution in [0.3, 0.4) is 0 Å². The molecule has 1 aromatic carbocycles. The third kappa shape index (κ3) is 3.47. The molecule has 0 spiro atoms. The number of amides is 1. The van der Waals surface area contributed by atoms with E-state index in [1.807, 2.05) is 42.3 Å². The molecule has 2 aliphatic heterocycles. The van der Waals surface area contributed by atoms with Gasteiger partial charge in [0.25, 0.3) is 5.91 Å². The second-order valence-electron chi connectivity index (χ2n) is 6.64. The van der Waals surface area contributed by atoms with Crippen LogP contribution < -0.4 is 9.64 Å². The predicted octanol–water partition coefficient (Wildman–Crippen LogP) is 2.56. The minimum atomic E-state index is -0.459. The third-order valence-electron chi connectivity index (χ3n) is 4.83. The normalized spacial score (nSPS) is 20.8. The maximum atomic E-state index is 12.8. The van der Waals surface area contributed by atoms with Gasteiger partial charge in [-0.2, -0.15) is 0 Å². The van der Waals surface area contributed by atoms with Crippen LogP contribution in [0.15, 0.2) is 23.6 Å². The summed E-state index contributed by atoms with van der Waals surface area (Å²) in [7, 11) is 0. The monoisotopic (exact) mass is 373 g/mol. The molecule has 3 heterocycles. The van der Waals surface area contributed by atoms with Gasteiger partial charge < -0.3 is 14.4 Å². The van der Waals surface area contributed by atoms with Crippen LogP contribution in [0.25, 0.3) is 11.3 Å². The zero-order valence-corrected chi connectivity index (χ0v) is 15.9. The summed E-state index contributed by atoms with van der Waals surface area (Å²) in [6.07, 6.45) is -0.459. The Hall–Kier alpha value is -1.96. The largest absolute Gasteiger partial charge is 0.479 e. The summed E-state index contributed by atoms with van der Waals surface area (Å²) < 4.78 is 11.2. The van der Waals surface area contributed by atoms with Gasteiger partial charge in [-0.1, -0.05) is 0 Å². The average molecular weight is 373 g/mol. The smallest absolute Gasteiger partial charge is 0.267 e. The van der Waals surface area contributed by atoms with Crippen molar-refractivity contribution in [2.75, 3.05) is 44.3 Å². The van der Waals surface area contributed by atoms with Gasteiger partial charge in [-0.25, -0.2) is 4.98 Å². The van der Waals surface area contributed by atoms with Gasteiger partial charge in [-0.3, -0.25) is 9.69 Å². The standard InChI is InChI=1S/C19H23N3O3S/c1-13-19(23)22(6-5-21-7-9-24-10-8-21)17-11-15(3-4-18(17)25-13)16-12-26-14(2)20-16/h3-4,11-13H,5-10H2,1-2H3. The Morgan fingerprint density at radius 2 is 2.08 bits per heavy atom. The van der Waals surface area contributed by atoms with E-state index in [0.29, 0.717) is 6.54 Å². The fraction of sp³-hybridized carbons (Fsp3) is 0.474. The molecule has 138 valence electrons. The average Bonchev–Trinajstić information content (AvgIpc) is 3.09. The lowest BCUT2D eigenvalue weighted by atomic mass is 10.1. The number of benzene rings is 1. The highest BCUT2D eigenvalue weighted by molar-refractivity contribution is 7.09. The minimum Gasteiger partial charge on any atom is -0.479 e. The predicted molar refractivity (Wildman–Crippen MR) is 102 cm³/mol. The first-order valence-corrected chi connectivity index (χ1v) is 9.84. The summed E-state index contributed by atoms with van der Waals surface area (Å²) in [6.45, 7) is 8.65. The number of ether oxygens (including phenoxy) is 2. The number of aromatic nitrogens is 1. The molecule has 7 heteroatoms. The van der Waals surface area contributed by atoms with Crippen LogP contribution in [0, 0.1) is 6.92 Å². The van der Waals surface area contributed by atoms with Crippen molar-refractivity contribution < 1.29 is 14.3 Å². The molecule has 1 saturated heterocycles. The Labute approximate surface area is 157 Å². The lowest BCUT2D eigenvalue weighted by molar-refractivity contribution is -0.125. The SMILES string of the molecule is Cc1nc(-c2ccc3c(c2)N(CCN2CCOCC2)C(=O)C(C)O3)cs1. The van der Waals surface area contributed by atoms with Crippen molar-refractivity contribution >= 4 is 22.9 Å². The highest BCUT2D eigenvalue weighted by atomic mass is 32.1. The molecule has 4 rings (SSSR count). The molecule has 0 radical (unpaired) electrons. The number of carbonyl (C=O) groups excluding carboxylic acids is 1. The molecule has 1 aromatic heterocycles. The molecule has 0 aliphatic carbocycles. The van der Waals surface area contributed by atoms with E-state index in [0.717, 1.165) is 60.5 Å². The van der Waals surface area contributed by atoms with Crippen molar-refractivity contribution in [1.82, 2.24) is 9.88 Å². The van der Waals surface area contributed by atoms with Gasteiger partial charge in [-0.15, -0.1) is 11.3 Å². The molecule has 1 unspecified atom stereocenters. The fourth-order valence-electron chi connectivity index (χ4n) is 3.36. The fourth-order valence-corrected chi connectivity index (χ4v) is 3.98. The van der Waals surface area contributed by atoms with Gasteiger partial charge in [0.05, 0.1) is 29.6 Å². The van der Waals surface area contributed by atoms with E-state index in [2.05, 4.69) is 9.88 Å². The molecule has 0 saturated carbocycles. The van der Waals surface area contributed by atoms with E-state index < -0.39 is 6.10 Å². The van der Waals surface area contributed by atoms with Crippen molar-refractivity contribution in [3.05, 3.63) is 28.6 Å². The van der Waals surface area contributed by atoms with E-state index in [1.165, 1.54) is 0 Å². The number of nitrogens with zero attached hydrogens (tertiary/aromatic N) is 3. The van der Waals surface area contributed by atoms with Crippen LogP contribution in [0.4, 0.5) is 5.69 Å². The Kier molecular flexibility index (Phi) is 4.93. The summed E-state index contributed by atoms with van der Waals surface area (Å²) in [4.78, 5) is 21.5. The Balaban J connectivity index is 1.60. The molecule has 1 atom stereocenters. The van der Waals surface area contributed by atoms with Crippen LogP contribution in [-0.4, -0.2) is 61.3 Å². The van der Waals surface area contributed by atoms with Crippen molar-refractivity contribution in [2.24, 2.45) is 0 Å². The van der Waals surface area contributed by atoms with Gasteiger partial charge in [0, 0.05) is 37.1 Å². The number of anilines is 1. The van der Waals surface area contributed by atoms with Gasteiger partial charge in [-0.05, 0) is 32.0 Å². The number of carbonyl (C=O) groups is 1. The number of fused-ring (bicyclic) bond motifs is 1. The third-order valence-corrected chi connectivity index (χ3v) is 5.60. The lowest BCUT2D eigenvalue weighted by Gasteiger charge is -2.35. The van der Waals surface area contributed by atoms with Crippen molar-refractivity contribution in [2.45, 2.75) is 20.0 Å². The molecule has 26 heavy (non-hydrogen) atoms. The van der Waals surface area contributed by atoms with Crippen LogP contribution in [0.5, 0.6) is 5.75 Å². The number of hydrogen-bond donors (Lipinski definition) is 0. The van der Waals surface area contributed by atoms with Crippen molar-refractivity contribution in [3.8, 4) is 17.0 Å². The van der Waals surface area contributed by atoms with Gasteiger partial charge in [0.15, 0.2) is 6.10 Å². The number of hydrogen-bond acceptors (Lipinski definition) is 6. The molecule has 6 nitrogen and oxygen atoms in total. The van der Waals surface area contributed by atoms with Gasteiger partial charge >= 0.3 is 0 Å². The maximum absolute atomic E-state index is 12.8. The summed E-state index contributed by atoms with van der Waals surface area (Å²) >= 11 is 1.63. The maximum Gasteiger partial charge on any atom is 0.267 e. The number of morpholine rings is 1. The van der Waals surface area contributed by atoms with E-state index in [9.17, 15) is 4.79 Å². The van der Waals surface area contributed by atoms with E-state index >= 15 is 0 Å². The number of rotatable bonds is 4. The van der Waals surface area contributed by atoms with E-state index in [-0.39, 0.29) is 5.91 Å². The first-order valence-electron chi connectivity index (χ1n) is 8.96. The molecule has 2 aliphatic rings. The minimum absolute atomic E-state index is 0.0115. The van der Waals surface area contributed by atoms with Crippen LogP contribution >= 0.6 is 11.3 Å². The van der Waals surface area contributed by atoms with Crippen LogP contribution in [0.2, 0.25) is 0 Å². The second kappa shape index (κ2) is 7.34. The zero-order chi connectivity index (χ0) is 18.1. The van der Waals surface area contributed by atoms with Crippen molar-refractivity contribution in [3.63, 3.8) is 0 Å². The number of thiazole rings is 1. The topological polar surface area (TPSA) is 54.9 Å². The highest BCUT2D eigenvalue weighted by Gasteiger charge is 2.32. The first kappa shape index (κ1) is 17.5. The van der Waals surface area contributed by atoms with Gasteiger partial charge in [0.1, 0.15) is 5.75 Å². The van der Waals surface area contributed by atoms with Gasteiger partial charge in [0.2, 0.25) is 0 Å². The van der Waals surface area contributed by atoms with Crippen molar-refractivity contribution in [1.29, 1.82) is 0 Å². The molecule has 0 N–H and O–H groups in total. The molecular formula is C19H23N3O3S. The lowest BCUT2D eigenvalue weighted by Crippen LogP contribution is -2.48. The van der Waals surface area contributed by atoms with Crippen LogP contribution in [-0.2, 0) is 9.53 Å². The highest BCUT2D eigenvalue weighted by Crippen LogP contribution is 2.37. The molecule has 1 amide bonds. The molecular weight excluding hydrogens is 350 g/mol. The summed E-state index contributed by atoms with van der Waals surface area (Å²) in [5.74, 6) is 0.771. The Morgan fingerprint density at radius 3 is 2.81 bits per heavy atom. The second-order valence-corrected chi connectivity index (χ2v) is 7.70. The molecule has 1 fully saturated rings. The quantitative estimate of drug-likeness (QED) is 0.824.